The lowest BCUT2D eigenvalue weighted by Crippen LogP contribution is -2.37. The molecular formula is C26H28ClN7O2. The van der Waals surface area contributed by atoms with Gasteiger partial charge in [-0.3, -0.25) is 13.7 Å². The van der Waals surface area contributed by atoms with Crippen LogP contribution in [0.5, 0.6) is 0 Å². The number of aromatic nitrogens is 6. The van der Waals surface area contributed by atoms with Crippen molar-refractivity contribution in [1.29, 1.82) is 0 Å². The van der Waals surface area contributed by atoms with E-state index in [1.807, 2.05) is 55.7 Å². The van der Waals surface area contributed by atoms with Gasteiger partial charge in [-0.15, -0.1) is 0 Å². The number of aryl methyl sites for hydroxylation is 3. The molecule has 1 aliphatic rings. The summed E-state index contributed by atoms with van der Waals surface area (Å²) in [5, 5.41) is 1.06. The number of piperidine rings is 1. The summed E-state index contributed by atoms with van der Waals surface area (Å²) in [6, 6.07) is 10.1. The molecule has 0 radical (unpaired) electrons. The fourth-order valence-corrected chi connectivity index (χ4v) is 5.86. The normalized spacial score (nSPS) is 15.1. The third-order valence-corrected chi connectivity index (χ3v) is 7.59. The Labute approximate surface area is 211 Å². The summed E-state index contributed by atoms with van der Waals surface area (Å²) in [4.78, 5) is 40.0. The van der Waals surface area contributed by atoms with Crippen LogP contribution in [-0.4, -0.2) is 41.7 Å². The third kappa shape index (κ3) is 3.44. The van der Waals surface area contributed by atoms with Gasteiger partial charge in [0.1, 0.15) is 5.82 Å². The van der Waals surface area contributed by atoms with Crippen molar-refractivity contribution in [3.63, 3.8) is 0 Å². The SMILES string of the molecule is CCn1c(=O)n(CC)c2cc3c(N4CCC(n5c(=O)[nH]c6cc(C)ccc65)CC4)nc(Cl)nc3cc21. The highest BCUT2D eigenvalue weighted by Gasteiger charge is 2.26. The number of nitrogens with zero attached hydrogens (tertiary/aromatic N) is 6. The Hall–Kier alpha value is -3.59. The van der Waals surface area contributed by atoms with Crippen LogP contribution < -0.4 is 16.3 Å². The maximum atomic E-state index is 12.9. The summed E-state index contributed by atoms with van der Waals surface area (Å²) in [7, 11) is 0. The van der Waals surface area contributed by atoms with Gasteiger partial charge in [-0.25, -0.2) is 14.6 Å². The monoisotopic (exact) mass is 505 g/mol. The first kappa shape index (κ1) is 22.8. The Morgan fingerprint density at radius 3 is 2.36 bits per heavy atom. The molecule has 0 bridgehead atoms. The second-order valence-electron chi connectivity index (χ2n) is 9.48. The van der Waals surface area contributed by atoms with Crippen molar-refractivity contribution in [3.8, 4) is 0 Å². The summed E-state index contributed by atoms with van der Waals surface area (Å²) >= 11 is 6.37. The number of rotatable bonds is 4. The van der Waals surface area contributed by atoms with Crippen molar-refractivity contribution in [3.05, 3.63) is 62.1 Å². The standard InChI is InChI=1S/C26H28ClN7O2/c1-4-32-21-13-17-18(14-22(21)33(5-2)26(32)36)28-24(27)30-23(17)31-10-8-16(9-11-31)34-20-7-6-15(3)12-19(20)29-25(34)35/h6-7,12-14,16H,4-5,8-11H2,1-3H3,(H,29,35). The number of hydrogen-bond acceptors (Lipinski definition) is 5. The molecule has 0 aliphatic carbocycles. The molecule has 0 amide bonds. The fourth-order valence-electron chi connectivity index (χ4n) is 5.69. The average Bonchev–Trinajstić information content (AvgIpc) is 3.33. The zero-order valence-corrected chi connectivity index (χ0v) is 21.3. The van der Waals surface area contributed by atoms with Crippen molar-refractivity contribution < 1.29 is 0 Å². The van der Waals surface area contributed by atoms with Crippen LogP contribution in [0.15, 0.2) is 39.9 Å². The predicted octanol–water partition coefficient (Wildman–Crippen LogP) is 4.23. The van der Waals surface area contributed by atoms with Crippen LogP contribution in [0.1, 0.15) is 38.3 Å². The van der Waals surface area contributed by atoms with Gasteiger partial charge in [0.15, 0.2) is 0 Å². The van der Waals surface area contributed by atoms with Crippen LogP contribution in [0.25, 0.3) is 33.0 Å². The van der Waals surface area contributed by atoms with Crippen molar-refractivity contribution in [2.75, 3.05) is 18.0 Å². The van der Waals surface area contributed by atoms with Gasteiger partial charge >= 0.3 is 11.4 Å². The number of imidazole rings is 2. The third-order valence-electron chi connectivity index (χ3n) is 7.42. The molecule has 1 saturated heterocycles. The van der Waals surface area contributed by atoms with E-state index in [4.69, 9.17) is 11.6 Å². The molecule has 1 N–H and O–H groups in total. The van der Waals surface area contributed by atoms with E-state index >= 15 is 0 Å². The number of anilines is 1. The van der Waals surface area contributed by atoms with Gasteiger partial charge in [0, 0.05) is 37.6 Å². The molecule has 9 nitrogen and oxygen atoms in total. The minimum absolute atomic E-state index is 0.0221. The maximum absolute atomic E-state index is 12.9. The highest BCUT2D eigenvalue weighted by Crippen LogP contribution is 2.33. The molecule has 186 valence electrons. The molecule has 2 aromatic carbocycles. The lowest BCUT2D eigenvalue weighted by atomic mass is 10.0. The Morgan fingerprint density at radius 2 is 1.67 bits per heavy atom. The molecule has 0 saturated carbocycles. The number of halogens is 1. The van der Waals surface area contributed by atoms with Gasteiger partial charge in [-0.05, 0) is 75.0 Å². The van der Waals surface area contributed by atoms with Crippen molar-refractivity contribution in [2.24, 2.45) is 0 Å². The van der Waals surface area contributed by atoms with Gasteiger partial charge in [-0.1, -0.05) is 6.07 Å². The molecule has 36 heavy (non-hydrogen) atoms. The van der Waals surface area contributed by atoms with E-state index < -0.39 is 0 Å². The summed E-state index contributed by atoms with van der Waals surface area (Å²) in [6.07, 6.45) is 1.61. The first-order chi connectivity index (χ1) is 17.4. The van der Waals surface area contributed by atoms with E-state index in [1.165, 1.54) is 0 Å². The van der Waals surface area contributed by atoms with Gasteiger partial charge in [-0.2, -0.15) is 4.98 Å². The number of benzene rings is 2. The summed E-state index contributed by atoms with van der Waals surface area (Å²) in [6.45, 7) is 8.59. The van der Waals surface area contributed by atoms with E-state index in [0.29, 0.717) is 13.1 Å². The first-order valence-electron chi connectivity index (χ1n) is 12.5. The van der Waals surface area contributed by atoms with Gasteiger partial charge in [0.05, 0.1) is 27.6 Å². The Balaban J connectivity index is 1.39. The zero-order valence-electron chi connectivity index (χ0n) is 20.6. The van der Waals surface area contributed by atoms with Crippen molar-refractivity contribution in [2.45, 2.75) is 52.7 Å². The van der Waals surface area contributed by atoms with Crippen molar-refractivity contribution >= 4 is 50.4 Å². The van der Waals surface area contributed by atoms with Crippen LogP contribution in [-0.2, 0) is 13.1 Å². The molecule has 3 aromatic heterocycles. The van der Waals surface area contributed by atoms with Gasteiger partial charge in [0.25, 0.3) is 0 Å². The number of nitrogens with one attached hydrogen (secondary N) is 1. The van der Waals surface area contributed by atoms with E-state index in [1.54, 1.807) is 9.13 Å². The first-order valence-corrected chi connectivity index (χ1v) is 12.8. The van der Waals surface area contributed by atoms with Crippen molar-refractivity contribution in [1.82, 2.24) is 28.7 Å². The topological polar surface area (TPSA) is 93.7 Å². The molecule has 0 spiro atoms. The number of fused-ring (bicyclic) bond motifs is 3. The highest BCUT2D eigenvalue weighted by atomic mass is 35.5. The second-order valence-corrected chi connectivity index (χ2v) is 9.82. The Bertz CT molecular complexity index is 1750. The second kappa shape index (κ2) is 8.51. The van der Waals surface area contributed by atoms with Crippen LogP contribution in [0, 0.1) is 6.92 Å². The minimum Gasteiger partial charge on any atom is -0.356 e. The van der Waals surface area contributed by atoms with Gasteiger partial charge in [0.2, 0.25) is 5.28 Å². The number of hydrogen-bond donors (Lipinski definition) is 1. The molecular weight excluding hydrogens is 478 g/mol. The molecule has 5 aromatic rings. The molecule has 1 aliphatic heterocycles. The Morgan fingerprint density at radius 1 is 0.972 bits per heavy atom. The average molecular weight is 506 g/mol. The van der Waals surface area contributed by atoms with Gasteiger partial charge < -0.3 is 9.88 Å². The molecule has 0 atom stereocenters. The minimum atomic E-state index is -0.0649. The molecule has 1 fully saturated rings. The van der Waals surface area contributed by atoms with E-state index in [-0.39, 0.29) is 22.7 Å². The lowest BCUT2D eigenvalue weighted by molar-refractivity contribution is 0.396. The molecule has 10 heteroatoms. The smallest absolute Gasteiger partial charge is 0.329 e. The van der Waals surface area contributed by atoms with Crippen LogP contribution in [0.2, 0.25) is 5.28 Å². The highest BCUT2D eigenvalue weighted by molar-refractivity contribution is 6.29. The molecule has 6 rings (SSSR count). The zero-order chi connectivity index (χ0) is 25.1. The fraction of sp³-hybridized carbons (Fsp3) is 0.385. The summed E-state index contributed by atoms with van der Waals surface area (Å²) in [5.41, 5.74) is 5.30. The van der Waals surface area contributed by atoms with Crippen LogP contribution in [0.4, 0.5) is 5.82 Å². The number of H-pyrrole nitrogens is 1. The van der Waals surface area contributed by atoms with Crippen LogP contribution >= 0.6 is 11.6 Å². The summed E-state index contributed by atoms with van der Waals surface area (Å²) in [5.74, 6) is 0.770. The number of aromatic amines is 1. The van der Waals surface area contributed by atoms with Crippen LogP contribution in [0.3, 0.4) is 0 Å². The quantitative estimate of drug-likeness (QED) is 0.369. The molecule has 0 unspecified atom stereocenters. The maximum Gasteiger partial charge on any atom is 0.329 e. The Kier molecular flexibility index (Phi) is 5.40. The van der Waals surface area contributed by atoms with E-state index in [9.17, 15) is 9.59 Å². The predicted molar refractivity (Wildman–Crippen MR) is 143 cm³/mol. The van der Waals surface area contributed by atoms with E-state index in [0.717, 1.165) is 70.3 Å². The summed E-state index contributed by atoms with van der Waals surface area (Å²) < 4.78 is 5.45. The lowest BCUT2D eigenvalue weighted by Gasteiger charge is -2.33. The van der Waals surface area contributed by atoms with E-state index in [2.05, 4.69) is 19.9 Å². The molecule has 4 heterocycles. The largest absolute Gasteiger partial charge is 0.356 e.